The predicted molar refractivity (Wildman–Crippen MR) is 106 cm³/mol. The first-order chi connectivity index (χ1) is 12.7. The summed E-state index contributed by atoms with van der Waals surface area (Å²) in [6.45, 7) is 6.75. The number of ether oxygens (including phenoxy) is 1. The van der Waals surface area contributed by atoms with E-state index >= 15 is 0 Å². The Kier molecular flexibility index (Phi) is 5.42. The van der Waals surface area contributed by atoms with Gasteiger partial charge in [0.2, 0.25) is 0 Å². The van der Waals surface area contributed by atoms with Gasteiger partial charge in [-0.25, -0.2) is 4.98 Å². The van der Waals surface area contributed by atoms with E-state index in [1.54, 1.807) is 6.20 Å². The molecule has 9 heteroatoms. The summed E-state index contributed by atoms with van der Waals surface area (Å²) in [5, 5.41) is 9.48. The van der Waals surface area contributed by atoms with Gasteiger partial charge in [-0.05, 0) is 34.1 Å². The molecule has 0 radical (unpaired) electrons. The molecule has 0 N–H and O–H groups in total. The summed E-state index contributed by atoms with van der Waals surface area (Å²) in [6, 6.07) is 5.99. The SMILES string of the molecule is Clc1cnc(N2CCN(c3ccc(N4CCOCC4)nn3)CC2)c(Br)c1. The second-order valence-electron chi connectivity index (χ2n) is 6.28. The molecule has 2 fully saturated rings. The van der Waals surface area contributed by atoms with E-state index in [0.29, 0.717) is 5.02 Å². The fourth-order valence-corrected chi connectivity index (χ4v) is 4.12. The maximum atomic E-state index is 5.98. The van der Waals surface area contributed by atoms with Crippen molar-refractivity contribution in [3.8, 4) is 0 Å². The third-order valence-electron chi connectivity index (χ3n) is 4.66. The number of halogens is 2. The van der Waals surface area contributed by atoms with Gasteiger partial charge >= 0.3 is 0 Å². The Hall–Kier alpha value is -1.64. The molecule has 7 nitrogen and oxygen atoms in total. The van der Waals surface area contributed by atoms with E-state index in [1.165, 1.54) is 0 Å². The van der Waals surface area contributed by atoms with Crippen molar-refractivity contribution in [2.45, 2.75) is 0 Å². The van der Waals surface area contributed by atoms with E-state index in [-0.39, 0.29) is 0 Å². The van der Waals surface area contributed by atoms with Gasteiger partial charge in [-0.1, -0.05) is 11.6 Å². The van der Waals surface area contributed by atoms with Crippen LogP contribution in [0.2, 0.25) is 5.02 Å². The smallest absolute Gasteiger partial charge is 0.151 e. The molecule has 2 aromatic rings. The third kappa shape index (κ3) is 3.87. The molecule has 0 bridgehead atoms. The summed E-state index contributed by atoms with van der Waals surface area (Å²) < 4.78 is 6.31. The zero-order valence-electron chi connectivity index (χ0n) is 14.3. The van der Waals surface area contributed by atoms with Crippen LogP contribution in [0.25, 0.3) is 0 Å². The van der Waals surface area contributed by atoms with Crippen LogP contribution in [0.4, 0.5) is 17.5 Å². The number of rotatable bonds is 3. The highest BCUT2D eigenvalue weighted by molar-refractivity contribution is 9.10. The Morgan fingerprint density at radius 1 is 0.885 bits per heavy atom. The van der Waals surface area contributed by atoms with Crippen molar-refractivity contribution in [1.29, 1.82) is 0 Å². The summed E-state index contributed by atoms with van der Waals surface area (Å²) in [5.74, 6) is 2.78. The third-order valence-corrected chi connectivity index (χ3v) is 5.45. The number of aromatic nitrogens is 3. The number of nitrogens with zero attached hydrogens (tertiary/aromatic N) is 6. The van der Waals surface area contributed by atoms with Gasteiger partial charge in [-0.2, -0.15) is 0 Å². The largest absolute Gasteiger partial charge is 0.378 e. The number of morpholine rings is 1. The first-order valence-corrected chi connectivity index (χ1v) is 9.85. The summed E-state index contributed by atoms with van der Waals surface area (Å²) in [4.78, 5) is 11.2. The maximum absolute atomic E-state index is 5.98. The monoisotopic (exact) mass is 438 g/mol. The molecule has 0 amide bonds. The van der Waals surface area contributed by atoms with Gasteiger partial charge in [0.15, 0.2) is 11.6 Å². The Balaban J connectivity index is 1.38. The first kappa shape index (κ1) is 17.8. The van der Waals surface area contributed by atoms with Crippen LogP contribution >= 0.6 is 27.5 Å². The number of anilines is 3. The van der Waals surface area contributed by atoms with Crippen LogP contribution in [0, 0.1) is 0 Å². The number of hydrogen-bond acceptors (Lipinski definition) is 7. The molecule has 0 saturated carbocycles. The Labute approximate surface area is 166 Å². The van der Waals surface area contributed by atoms with Gasteiger partial charge in [0.25, 0.3) is 0 Å². The average molecular weight is 440 g/mol. The lowest BCUT2D eigenvalue weighted by Crippen LogP contribution is -2.47. The van der Waals surface area contributed by atoms with Crippen molar-refractivity contribution in [2.24, 2.45) is 0 Å². The molecular formula is C17H20BrClN6O. The standard InChI is InChI=1S/C17H20BrClN6O/c18-14-11-13(19)12-20-17(14)25-5-3-23(4-6-25)15-1-2-16(22-21-15)24-7-9-26-10-8-24/h1-2,11-12H,3-10H2. The lowest BCUT2D eigenvalue weighted by molar-refractivity contribution is 0.122. The highest BCUT2D eigenvalue weighted by Gasteiger charge is 2.21. The lowest BCUT2D eigenvalue weighted by Gasteiger charge is -2.36. The van der Waals surface area contributed by atoms with Gasteiger partial charge in [0, 0.05) is 45.5 Å². The summed E-state index contributed by atoms with van der Waals surface area (Å²) in [7, 11) is 0. The van der Waals surface area contributed by atoms with E-state index in [9.17, 15) is 0 Å². The number of hydrogen-bond donors (Lipinski definition) is 0. The molecule has 2 aliphatic heterocycles. The van der Waals surface area contributed by atoms with E-state index in [4.69, 9.17) is 16.3 Å². The average Bonchev–Trinajstić information content (AvgIpc) is 2.69. The molecule has 4 heterocycles. The fraction of sp³-hybridized carbons (Fsp3) is 0.471. The van der Waals surface area contributed by atoms with Crippen LogP contribution in [-0.2, 0) is 4.74 Å². The van der Waals surface area contributed by atoms with Crippen LogP contribution in [0.1, 0.15) is 0 Å². The molecule has 138 valence electrons. The first-order valence-electron chi connectivity index (χ1n) is 8.68. The Morgan fingerprint density at radius 3 is 2.04 bits per heavy atom. The zero-order chi connectivity index (χ0) is 17.9. The molecule has 0 aliphatic carbocycles. The minimum atomic E-state index is 0.634. The zero-order valence-corrected chi connectivity index (χ0v) is 16.7. The van der Waals surface area contributed by atoms with E-state index in [2.05, 4.69) is 57.9 Å². The van der Waals surface area contributed by atoms with Crippen molar-refractivity contribution in [2.75, 3.05) is 67.2 Å². The Morgan fingerprint density at radius 2 is 1.46 bits per heavy atom. The minimum absolute atomic E-state index is 0.634. The van der Waals surface area contributed by atoms with E-state index in [1.807, 2.05) is 6.07 Å². The number of pyridine rings is 1. The molecule has 0 unspecified atom stereocenters. The van der Waals surface area contributed by atoms with Crippen LogP contribution in [0.5, 0.6) is 0 Å². The van der Waals surface area contributed by atoms with Crippen molar-refractivity contribution < 1.29 is 4.74 Å². The normalized spacial score (nSPS) is 18.3. The highest BCUT2D eigenvalue weighted by Crippen LogP contribution is 2.28. The van der Waals surface area contributed by atoms with Crippen LogP contribution in [-0.4, -0.2) is 67.7 Å². The van der Waals surface area contributed by atoms with Gasteiger partial charge in [-0.3, -0.25) is 0 Å². The molecule has 2 aliphatic rings. The maximum Gasteiger partial charge on any atom is 0.151 e. The van der Waals surface area contributed by atoms with Gasteiger partial charge in [0.1, 0.15) is 5.82 Å². The molecule has 26 heavy (non-hydrogen) atoms. The number of piperazine rings is 1. The molecule has 2 aromatic heterocycles. The second kappa shape index (κ2) is 7.94. The molecule has 4 rings (SSSR count). The van der Waals surface area contributed by atoms with Crippen LogP contribution in [0.15, 0.2) is 28.9 Å². The van der Waals surface area contributed by atoms with Gasteiger partial charge in [0.05, 0.1) is 22.7 Å². The van der Waals surface area contributed by atoms with E-state index in [0.717, 1.165) is 74.4 Å². The van der Waals surface area contributed by atoms with Crippen molar-refractivity contribution in [3.63, 3.8) is 0 Å². The summed E-state index contributed by atoms with van der Waals surface area (Å²) >= 11 is 9.53. The van der Waals surface area contributed by atoms with Crippen molar-refractivity contribution >= 4 is 45.0 Å². The highest BCUT2D eigenvalue weighted by atomic mass is 79.9. The minimum Gasteiger partial charge on any atom is -0.378 e. The summed E-state index contributed by atoms with van der Waals surface area (Å²) in [5.41, 5.74) is 0. The topological polar surface area (TPSA) is 57.6 Å². The second-order valence-corrected chi connectivity index (χ2v) is 7.57. The van der Waals surface area contributed by atoms with Crippen molar-refractivity contribution in [1.82, 2.24) is 15.2 Å². The fourth-order valence-electron chi connectivity index (χ4n) is 3.24. The molecule has 0 spiro atoms. The van der Waals surface area contributed by atoms with Gasteiger partial charge < -0.3 is 19.4 Å². The Bertz CT molecular complexity index is 747. The van der Waals surface area contributed by atoms with E-state index < -0.39 is 0 Å². The molecule has 2 saturated heterocycles. The predicted octanol–water partition coefficient (Wildman–Crippen LogP) is 2.45. The van der Waals surface area contributed by atoms with Gasteiger partial charge in [-0.15, -0.1) is 10.2 Å². The van der Waals surface area contributed by atoms with Crippen LogP contribution in [0.3, 0.4) is 0 Å². The summed E-state index contributed by atoms with van der Waals surface area (Å²) in [6.07, 6.45) is 1.68. The quantitative estimate of drug-likeness (QED) is 0.728. The van der Waals surface area contributed by atoms with Crippen LogP contribution < -0.4 is 14.7 Å². The van der Waals surface area contributed by atoms with Crippen molar-refractivity contribution in [3.05, 3.63) is 33.9 Å². The molecule has 0 atom stereocenters. The lowest BCUT2D eigenvalue weighted by atomic mass is 10.3. The molecule has 0 aromatic carbocycles. The molecular weight excluding hydrogens is 420 g/mol.